The fourth-order valence-corrected chi connectivity index (χ4v) is 18.5. The Labute approximate surface area is 388 Å². The number of rotatable bonds is 4. The Morgan fingerprint density at radius 1 is 0.333 bits per heavy atom. The number of hydrogen-bond donors (Lipinski definition) is 0. The van der Waals surface area contributed by atoms with Gasteiger partial charge in [-0.1, -0.05) is 135 Å². The van der Waals surface area contributed by atoms with Gasteiger partial charge in [-0.2, -0.15) is 0 Å². The third kappa shape index (κ3) is 4.58. The Balaban J connectivity index is 0.746. The van der Waals surface area contributed by atoms with Gasteiger partial charge < -0.3 is 0 Å². The second kappa shape index (κ2) is 12.0. The molecule has 0 nitrogen and oxygen atoms in total. The molecule has 0 spiro atoms. The highest BCUT2D eigenvalue weighted by molar-refractivity contribution is 6.27. The van der Waals surface area contributed by atoms with Crippen LogP contribution in [0.5, 0.6) is 0 Å². The Bertz CT molecular complexity index is 3690. The quantitative estimate of drug-likeness (QED) is 0.155. The molecule has 10 aromatic rings. The van der Waals surface area contributed by atoms with Crippen LogP contribution in [-0.4, -0.2) is 0 Å². The summed E-state index contributed by atoms with van der Waals surface area (Å²) < 4.78 is 0. The van der Waals surface area contributed by atoms with Crippen molar-refractivity contribution in [2.45, 2.75) is 101 Å². The van der Waals surface area contributed by atoms with E-state index in [1.54, 1.807) is 11.1 Å². The lowest BCUT2D eigenvalue weighted by Crippen LogP contribution is -2.48. The maximum atomic E-state index is 2.63. The first-order valence-corrected chi connectivity index (χ1v) is 26.0. The van der Waals surface area contributed by atoms with E-state index in [4.69, 9.17) is 0 Å². The zero-order valence-corrected chi connectivity index (χ0v) is 38.4. The van der Waals surface area contributed by atoms with Crippen molar-refractivity contribution in [1.29, 1.82) is 0 Å². The first kappa shape index (κ1) is 36.4. The summed E-state index contributed by atoms with van der Waals surface area (Å²) in [4.78, 5) is 0. The molecule has 66 heavy (non-hydrogen) atoms. The van der Waals surface area contributed by atoms with E-state index in [2.05, 4.69) is 147 Å². The molecule has 8 saturated carbocycles. The minimum Gasteiger partial charge on any atom is -0.0537 e. The minimum absolute atomic E-state index is 0.132. The van der Waals surface area contributed by atoms with Crippen molar-refractivity contribution in [3.8, 4) is 33.4 Å². The molecule has 0 saturated heterocycles. The van der Waals surface area contributed by atoms with Gasteiger partial charge >= 0.3 is 0 Å². The summed E-state index contributed by atoms with van der Waals surface area (Å²) in [5.41, 5.74) is 14.9. The molecular formula is C66H56. The lowest BCUT2D eigenvalue weighted by Gasteiger charge is -2.57. The van der Waals surface area contributed by atoms with Gasteiger partial charge in [0.05, 0.1) is 0 Å². The second-order valence-corrected chi connectivity index (χ2v) is 24.5. The Morgan fingerprint density at radius 2 is 0.697 bits per heavy atom. The van der Waals surface area contributed by atoms with E-state index in [1.165, 1.54) is 180 Å². The van der Waals surface area contributed by atoms with E-state index in [0.29, 0.717) is 10.8 Å². The summed E-state index contributed by atoms with van der Waals surface area (Å²) >= 11 is 0. The SMILES string of the molecule is CC1(C)c2cc(-c3ccc4ccc5cc(C67CC8CC(CC(C8)C6)C7)cc6ccc3c4c56)ccc2-c2ccc(-c3ccc4ccc5cc(C67CC8CC(C6)[C@@H](C8)C7)cc6ccc3c4c56)cc21. The molecule has 0 N–H and O–H groups in total. The molecule has 3 unspecified atom stereocenters. The van der Waals surface area contributed by atoms with E-state index in [-0.39, 0.29) is 5.41 Å². The maximum absolute atomic E-state index is 2.63. The van der Waals surface area contributed by atoms with Crippen LogP contribution in [0.25, 0.3) is 98.0 Å². The molecule has 9 aliphatic carbocycles. The lowest BCUT2D eigenvalue weighted by molar-refractivity contribution is -0.00508. The van der Waals surface area contributed by atoms with Crippen LogP contribution in [0.4, 0.5) is 0 Å². The summed E-state index contributed by atoms with van der Waals surface area (Å²) in [6.45, 7) is 4.92. The molecule has 9 aliphatic rings. The zero-order valence-electron chi connectivity index (χ0n) is 38.4. The van der Waals surface area contributed by atoms with Crippen LogP contribution in [0.1, 0.15) is 107 Å². The molecule has 0 amide bonds. The normalized spacial score (nSPS) is 29.8. The molecule has 0 radical (unpaired) electrons. The molecule has 8 bridgehead atoms. The predicted molar refractivity (Wildman–Crippen MR) is 277 cm³/mol. The van der Waals surface area contributed by atoms with Gasteiger partial charge in [0.25, 0.3) is 0 Å². The van der Waals surface area contributed by atoms with E-state index in [1.807, 2.05) is 0 Å². The Morgan fingerprint density at radius 3 is 1.14 bits per heavy atom. The topological polar surface area (TPSA) is 0 Å². The third-order valence-corrected chi connectivity index (χ3v) is 20.7. The van der Waals surface area contributed by atoms with Crippen LogP contribution in [0.2, 0.25) is 0 Å². The molecule has 10 aromatic carbocycles. The minimum atomic E-state index is -0.132. The highest BCUT2D eigenvalue weighted by Crippen LogP contribution is 2.66. The third-order valence-electron chi connectivity index (χ3n) is 20.7. The molecule has 0 heterocycles. The fourth-order valence-electron chi connectivity index (χ4n) is 18.5. The van der Waals surface area contributed by atoms with E-state index in [9.17, 15) is 0 Å². The van der Waals surface area contributed by atoms with Crippen LogP contribution in [-0.2, 0) is 16.2 Å². The number of hydrogen-bond acceptors (Lipinski definition) is 0. The lowest BCUT2D eigenvalue weighted by atomic mass is 9.48. The van der Waals surface area contributed by atoms with Crippen molar-refractivity contribution in [3.05, 3.63) is 156 Å². The Hall–Kier alpha value is -5.72. The first-order valence-electron chi connectivity index (χ1n) is 26.0. The average molecular weight is 849 g/mol. The van der Waals surface area contributed by atoms with Crippen LogP contribution >= 0.6 is 0 Å². The van der Waals surface area contributed by atoms with Gasteiger partial charge in [-0.25, -0.2) is 0 Å². The number of benzene rings is 10. The standard InChI is InChI=1S/C66H56/c1-64(2)58-28-42(52-13-7-40-3-5-44-24-50(26-46-11-17-56(52)62(40)60(44)46)65-30-36-19-37(31-65)21-38(20-36)32-65)9-15-54(58)55-16-10-43(29-59(55)64)53-14-8-41-4-6-45-25-51(27-47-12-18-57(53)63(41)61(45)47)66-33-39-22-48(34-66)49(23-39)35-66/h3-18,24-29,36-39,48-49H,19-23,30-35H2,1-2H3/t36?,37?,38?,39?,48-,49?,65?,66?/m0/s1. The van der Waals surface area contributed by atoms with E-state index >= 15 is 0 Å². The summed E-state index contributed by atoms with van der Waals surface area (Å²) in [7, 11) is 0. The predicted octanol–water partition coefficient (Wildman–Crippen LogP) is 17.7. The van der Waals surface area contributed by atoms with Gasteiger partial charge in [-0.05, 0) is 249 Å². The van der Waals surface area contributed by atoms with Crippen molar-refractivity contribution in [1.82, 2.24) is 0 Å². The summed E-state index contributed by atoms with van der Waals surface area (Å²) in [5.74, 6) is 5.78. The molecule has 0 heteroatoms. The van der Waals surface area contributed by atoms with Gasteiger partial charge in [-0.3, -0.25) is 0 Å². The Kier molecular flexibility index (Phi) is 6.65. The molecule has 4 atom stereocenters. The summed E-state index contributed by atoms with van der Waals surface area (Å²) in [6.07, 6.45) is 16.0. The van der Waals surface area contributed by atoms with Gasteiger partial charge in [0, 0.05) is 5.41 Å². The van der Waals surface area contributed by atoms with E-state index in [0.717, 1.165) is 35.5 Å². The largest absolute Gasteiger partial charge is 0.0537 e. The van der Waals surface area contributed by atoms with Gasteiger partial charge in [0.2, 0.25) is 0 Å². The van der Waals surface area contributed by atoms with Crippen LogP contribution < -0.4 is 0 Å². The van der Waals surface area contributed by atoms with Crippen LogP contribution in [0.15, 0.2) is 133 Å². The molecule has 8 fully saturated rings. The van der Waals surface area contributed by atoms with Crippen molar-refractivity contribution in [2.24, 2.45) is 35.5 Å². The van der Waals surface area contributed by atoms with Crippen molar-refractivity contribution in [2.75, 3.05) is 0 Å². The zero-order chi connectivity index (χ0) is 43.0. The average Bonchev–Trinajstić information content (AvgIpc) is 3.85. The smallest absolute Gasteiger partial charge is 0.0159 e. The molecule has 0 aliphatic heterocycles. The maximum Gasteiger partial charge on any atom is 0.0159 e. The number of fused-ring (bicyclic) bond motifs is 3. The first-order chi connectivity index (χ1) is 32.2. The summed E-state index contributed by atoms with van der Waals surface area (Å²) in [5, 5.41) is 17.0. The highest BCUT2D eigenvalue weighted by Gasteiger charge is 2.56. The molecule has 19 rings (SSSR count). The van der Waals surface area contributed by atoms with Crippen molar-refractivity contribution in [3.63, 3.8) is 0 Å². The molecular weight excluding hydrogens is 793 g/mol. The van der Waals surface area contributed by atoms with Gasteiger partial charge in [0.1, 0.15) is 0 Å². The van der Waals surface area contributed by atoms with Crippen LogP contribution in [0.3, 0.4) is 0 Å². The molecule has 0 aromatic heterocycles. The van der Waals surface area contributed by atoms with Crippen LogP contribution in [0, 0.1) is 35.5 Å². The van der Waals surface area contributed by atoms with E-state index < -0.39 is 0 Å². The molecule has 320 valence electrons. The monoisotopic (exact) mass is 848 g/mol. The highest BCUT2D eigenvalue weighted by atomic mass is 14.6. The second-order valence-electron chi connectivity index (χ2n) is 24.5. The fraction of sp³-hybridized carbons (Fsp3) is 0.333. The van der Waals surface area contributed by atoms with Gasteiger partial charge in [-0.15, -0.1) is 0 Å². The van der Waals surface area contributed by atoms with Gasteiger partial charge in [0.15, 0.2) is 0 Å². The van der Waals surface area contributed by atoms with Crippen molar-refractivity contribution < 1.29 is 0 Å². The summed E-state index contributed by atoms with van der Waals surface area (Å²) in [6, 6.07) is 54.3. The van der Waals surface area contributed by atoms with Crippen molar-refractivity contribution >= 4 is 64.6 Å².